The summed E-state index contributed by atoms with van der Waals surface area (Å²) >= 11 is 0. The number of likely N-dealkylation sites (tertiary alicyclic amines) is 1. The standard InChI is InChI=1S/C24H28N4O3/c1-15-6-5-11-28(14-15)24(29)19-13-25-23-18(9-7-16(2)26-23)22(19)27-17-8-10-20(30-3)21(12-17)31-4/h7-10,12-13,15H,5-6,11,14H2,1-4H3,(H,25,26,27). The van der Waals surface area contributed by atoms with Gasteiger partial charge in [-0.2, -0.15) is 0 Å². The summed E-state index contributed by atoms with van der Waals surface area (Å²) in [5.74, 6) is 1.74. The van der Waals surface area contributed by atoms with Crippen LogP contribution in [0.4, 0.5) is 11.4 Å². The van der Waals surface area contributed by atoms with Crippen molar-refractivity contribution >= 4 is 28.3 Å². The van der Waals surface area contributed by atoms with E-state index >= 15 is 0 Å². The first-order valence-electron chi connectivity index (χ1n) is 10.5. The number of methoxy groups -OCH3 is 2. The Morgan fingerprint density at radius 2 is 1.97 bits per heavy atom. The van der Waals surface area contributed by atoms with Crippen molar-refractivity contribution in [2.45, 2.75) is 26.7 Å². The van der Waals surface area contributed by atoms with Crippen molar-refractivity contribution < 1.29 is 14.3 Å². The van der Waals surface area contributed by atoms with Crippen LogP contribution in [0.5, 0.6) is 11.5 Å². The third-order valence-electron chi connectivity index (χ3n) is 5.70. The molecule has 1 aromatic carbocycles. The number of rotatable bonds is 5. The van der Waals surface area contributed by atoms with E-state index in [0.29, 0.717) is 34.3 Å². The molecule has 162 valence electrons. The van der Waals surface area contributed by atoms with E-state index in [9.17, 15) is 4.79 Å². The van der Waals surface area contributed by atoms with Gasteiger partial charge < -0.3 is 19.7 Å². The van der Waals surface area contributed by atoms with Crippen molar-refractivity contribution in [2.75, 3.05) is 32.6 Å². The van der Waals surface area contributed by atoms with Crippen LogP contribution in [0, 0.1) is 12.8 Å². The molecule has 1 fully saturated rings. The maximum Gasteiger partial charge on any atom is 0.257 e. The Hall–Kier alpha value is -3.35. The molecule has 7 nitrogen and oxygen atoms in total. The van der Waals surface area contributed by atoms with Gasteiger partial charge in [0, 0.05) is 42.1 Å². The molecular weight excluding hydrogens is 392 g/mol. The molecular formula is C24H28N4O3. The molecule has 1 amide bonds. The number of aryl methyl sites for hydroxylation is 1. The Morgan fingerprint density at radius 1 is 1.16 bits per heavy atom. The number of pyridine rings is 2. The highest BCUT2D eigenvalue weighted by Gasteiger charge is 2.25. The zero-order chi connectivity index (χ0) is 22.0. The summed E-state index contributed by atoms with van der Waals surface area (Å²) in [7, 11) is 3.20. The lowest BCUT2D eigenvalue weighted by molar-refractivity contribution is 0.0684. The van der Waals surface area contributed by atoms with E-state index in [0.717, 1.165) is 42.7 Å². The van der Waals surface area contributed by atoms with Crippen LogP contribution < -0.4 is 14.8 Å². The molecule has 1 aliphatic heterocycles. The van der Waals surface area contributed by atoms with Crippen LogP contribution in [0.1, 0.15) is 35.8 Å². The molecule has 0 radical (unpaired) electrons. The van der Waals surface area contributed by atoms with Crippen molar-refractivity contribution in [1.82, 2.24) is 14.9 Å². The van der Waals surface area contributed by atoms with Gasteiger partial charge in [0.05, 0.1) is 25.5 Å². The number of benzene rings is 1. The maximum atomic E-state index is 13.5. The molecule has 2 aromatic heterocycles. The van der Waals surface area contributed by atoms with Gasteiger partial charge in [-0.15, -0.1) is 0 Å². The molecule has 0 aliphatic carbocycles. The summed E-state index contributed by atoms with van der Waals surface area (Å²) < 4.78 is 10.8. The number of hydrogen-bond acceptors (Lipinski definition) is 6. The number of fused-ring (bicyclic) bond motifs is 1. The second-order valence-electron chi connectivity index (χ2n) is 8.06. The van der Waals surface area contributed by atoms with Crippen LogP contribution in [0.2, 0.25) is 0 Å². The Bertz CT molecular complexity index is 1120. The van der Waals surface area contributed by atoms with Gasteiger partial charge in [-0.1, -0.05) is 6.92 Å². The fourth-order valence-corrected chi connectivity index (χ4v) is 4.07. The predicted octanol–water partition coefficient (Wildman–Crippen LogP) is 4.57. The first kappa shape index (κ1) is 20.9. The van der Waals surface area contributed by atoms with Crippen molar-refractivity contribution in [3.63, 3.8) is 0 Å². The summed E-state index contributed by atoms with van der Waals surface area (Å²) in [6, 6.07) is 9.47. The van der Waals surface area contributed by atoms with Gasteiger partial charge in [0.25, 0.3) is 5.91 Å². The van der Waals surface area contributed by atoms with Gasteiger partial charge in [0.15, 0.2) is 17.1 Å². The second-order valence-corrected chi connectivity index (χ2v) is 8.06. The average molecular weight is 421 g/mol. The molecule has 3 aromatic rings. The lowest BCUT2D eigenvalue weighted by Crippen LogP contribution is -2.39. The summed E-state index contributed by atoms with van der Waals surface area (Å²) in [5, 5.41) is 4.23. The summed E-state index contributed by atoms with van der Waals surface area (Å²) in [4.78, 5) is 24.4. The number of amides is 1. The van der Waals surface area contributed by atoms with E-state index in [4.69, 9.17) is 9.47 Å². The van der Waals surface area contributed by atoms with Crippen LogP contribution in [0.25, 0.3) is 11.0 Å². The lowest BCUT2D eigenvalue weighted by Gasteiger charge is -2.31. The van der Waals surface area contributed by atoms with E-state index in [1.54, 1.807) is 20.4 Å². The Kier molecular flexibility index (Phi) is 5.93. The molecule has 1 atom stereocenters. The number of piperidine rings is 1. The zero-order valence-electron chi connectivity index (χ0n) is 18.4. The number of ether oxygens (including phenoxy) is 2. The molecule has 1 unspecified atom stereocenters. The minimum atomic E-state index is -0.00972. The number of nitrogens with one attached hydrogen (secondary N) is 1. The Labute approximate surface area is 182 Å². The van der Waals surface area contributed by atoms with Crippen LogP contribution in [-0.4, -0.2) is 48.1 Å². The van der Waals surface area contributed by atoms with Crippen LogP contribution >= 0.6 is 0 Å². The van der Waals surface area contributed by atoms with Gasteiger partial charge in [-0.25, -0.2) is 9.97 Å². The number of carbonyl (C=O) groups excluding carboxylic acids is 1. The monoisotopic (exact) mass is 420 g/mol. The molecule has 4 rings (SSSR count). The molecule has 1 aliphatic rings. The van der Waals surface area contributed by atoms with E-state index in [1.165, 1.54) is 0 Å². The SMILES string of the molecule is COc1ccc(Nc2c(C(=O)N3CCCC(C)C3)cnc3nc(C)ccc23)cc1OC. The molecule has 7 heteroatoms. The number of aromatic nitrogens is 2. The van der Waals surface area contributed by atoms with Crippen LogP contribution in [-0.2, 0) is 0 Å². The van der Waals surface area contributed by atoms with E-state index < -0.39 is 0 Å². The van der Waals surface area contributed by atoms with Crippen molar-refractivity contribution in [1.29, 1.82) is 0 Å². The predicted molar refractivity (Wildman–Crippen MR) is 121 cm³/mol. The minimum absolute atomic E-state index is 0.00972. The summed E-state index contributed by atoms with van der Waals surface area (Å²) in [6.45, 7) is 5.65. The third-order valence-corrected chi connectivity index (χ3v) is 5.70. The fourth-order valence-electron chi connectivity index (χ4n) is 4.07. The first-order valence-corrected chi connectivity index (χ1v) is 10.5. The summed E-state index contributed by atoms with van der Waals surface area (Å²) in [6.07, 6.45) is 3.81. The molecule has 1 N–H and O–H groups in total. The molecule has 0 bridgehead atoms. The van der Waals surface area contributed by atoms with Crippen molar-refractivity contribution in [3.8, 4) is 11.5 Å². The zero-order valence-corrected chi connectivity index (χ0v) is 18.4. The van der Waals surface area contributed by atoms with E-state index in [-0.39, 0.29) is 5.91 Å². The number of anilines is 2. The normalized spacial score (nSPS) is 16.3. The number of hydrogen-bond donors (Lipinski definition) is 1. The highest BCUT2D eigenvalue weighted by atomic mass is 16.5. The largest absolute Gasteiger partial charge is 0.493 e. The minimum Gasteiger partial charge on any atom is -0.493 e. The highest BCUT2D eigenvalue weighted by Crippen LogP contribution is 2.34. The summed E-state index contributed by atoms with van der Waals surface area (Å²) in [5.41, 5.74) is 3.51. The van der Waals surface area contributed by atoms with Gasteiger partial charge in [-0.3, -0.25) is 4.79 Å². The molecule has 3 heterocycles. The molecule has 1 saturated heterocycles. The first-order chi connectivity index (χ1) is 15.0. The molecule has 31 heavy (non-hydrogen) atoms. The Morgan fingerprint density at radius 3 is 2.71 bits per heavy atom. The van der Waals surface area contributed by atoms with Gasteiger partial charge in [0.1, 0.15) is 0 Å². The van der Waals surface area contributed by atoms with Crippen LogP contribution in [0.3, 0.4) is 0 Å². The highest BCUT2D eigenvalue weighted by molar-refractivity contribution is 6.07. The van der Waals surface area contributed by atoms with Gasteiger partial charge in [0.2, 0.25) is 0 Å². The van der Waals surface area contributed by atoms with Gasteiger partial charge >= 0.3 is 0 Å². The Balaban J connectivity index is 1.79. The average Bonchev–Trinajstić information content (AvgIpc) is 2.78. The van der Waals surface area contributed by atoms with Crippen molar-refractivity contribution in [2.24, 2.45) is 5.92 Å². The third kappa shape index (κ3) is 4.26. The lowest BCUT2D eigenvalue weighted by atomic mass is 9.99. The quantitative estimate of drug-likeness (QED) is 0.652. The maximum absolute atomic E-state index is 13.5. The molecule has 0 saturated carbocycles. The van der Waals surface area contributed by atoms with Gasteiger partial charge in [-0.05, 0) is 49.9 Å². The van der Waals surface area contributed by atoms with Crippen molar-refractivity contribution in [3.05, 3.63) is 47.8 Å². The van der Waals surface area contributed by atoms with E-state index in [2.05, 4.69) is 22.2 Å². The number of carbonyl (C=O) groups is 1. The second kappa shape index (κ2) is 8.79. The molecule has 0 spiro atoms. The fraction of sp³-hybridized carbons (Fsp3) is 0.375. The topological polar surface area (TPSA) is 76.6 Å². The smallest absolute Gasteiger partial charge is 0.257 e. The van der Waals surface area contributed by atoms with E-state index in [1.807, 2.05) is 42.2 Å². The van der Waals surface area contributed by atoms with Crippen LogP contribution in [0.15, 0.2) is 36.5 Å². The number of nitrogens with zero attached hydrogens (tertiary/aromatic N) is 3.